The fourth-order valence-corrected chi connectivity index (χ4v) is 4.37. The van der Waals surface area contributed by atoms with Gasteiger partial charge in [-0.1, -0.05) is 18.2 Å². The summed E-state index contributed by atoms with van der Waals surface area (Å²) in [6.07, 6.45) is 0.467. The van der Waals surface area contributed by atoms with Gasteiger partial charge in [-0.15, -0.1) is 0 Å². The number of anilines is 2. The SMILES string of the molecule is CO[C@@H]1c2c(c(O)c3nccc4c3c2Nc2ccccc2-4)C(=O)N(C)[C@@H]1OC. The van der Waals surface area contributed by atoms with Crippen LogP contribution in [0.5, 0.6) is 5.75 Å². The van der Waals surface area contributed by atoms with Gasteiger partial charge in [-0.2, -0.15) is 0 Å². The molecular weight excluding hydrogens is 358 g/mol. The van der Waals surface area contributed by atoms with Crippen molar-refractivity contribution >= 4 is 28.2 Å². The molecule has 1 amide bonds. The number of aromatic nitrogens is 1. The minimum atomic E-state index is -0.614. The molecule has 2 N–H and O–H groups in total. The van der Waals surface area contributed by atoms with Crippen molar-refractivity contribution in [2.24, 2.45) is 0 Å². The molecule has 0 aliphatic carbocycles. The molecule has 3 heterocycles. The first-order valence-electron chi connectivity index (χ1n) is 8.95. The van der Waals surface area contributed by atoms with Crippen molar-refractivity contribution < 1.29 is 19.4 Å². The Hall–Kier alpha value is -3.16. The Kier molecular flexibility index (Phi) is 3.59. The Morgan fingerprint density at radius 3 is 2.68 bits per heavy atom. The summed E-state index contributed by atoms with van der Waals surface area (Å²) >= 11 is 0. The van der Waals surface area contributed by atoms with Crippen molar-refractivity contribution in [1.29, 1.82) is 0 Å². The standard InChI is InChI=1S/C21H19N3O4/c1-24-20(26)15-14(19(27-2)21(24)28-3)16-13-11(8-9-22-17(13)18(15)25)10-6-4-5-7-12(10)23-16/h4-9,19,21,23,25H,1-3H3/t19-,21-/m1/s1. The summed E-state index contributed by atoms with van der Waals surface area (Å²) < 4.78 is 11.3. The van der Waals surface area contributed by atoms with Gasteiger partial charge >= 0.3 is 0 Å². The first-order chi connectivity index (χ1) is 13.6. The highest BCUT2D eigenvalue weighted by Gasteiger charge is 2.44. The van der Waals surface area contributed by atoms with Crippen LogP contribution in [0.25, 0.3) is 22.0 Å². The molecule has 142 valence electrons. The fraction of sp³-hybridized carbons (Fsp3) is 0.238. The quantitative estimate of drug-likeness (QED) is 0.521. The minimum Gasteiger partial charge on any atom is -0.505 e. The molecule has 7 heteroatoms. The predicted molar refractivity (Wildman–Crippen MR) is 105 cm³/mol. The van der Waals surface area contributed by atoms with E-state index in [-0.39, 0.29) is 17.2 Å². The second-order valence-corrected chi connectivity index (χ2v) is 6.96. The molecule has 7 nitrogen and oxygen atoms in total. The summed E-state index contributed by atoms with van der Waals surface area (Å²) in [5.74, 6) is -0.469. The van der Waals surface area contributed by atoms with Crippen molar-refractivity contribution in [3.63, 3.8) is 0 Å². The third-order valence-electron chi connectivity index (χ3n) is 5.63. The zero-order chi connectivity index (χ0) is 19.6. The number of phenolic OH excluding ortho intramolecular Hbond substituents is 1. The van der Waals surface area contributed by atoms with Gasteiger partial charge in [0.1, 0.15) is 11.6 Å². The van der Waals surface area contributed by atoms with E-state index in [0.717, 1.165) is 27.9 Å². The van der Waals surface area contributed by atoms with Crippen LogP contribution in [-0.2, 0) is 9.47 Å². The largest absolute Gasteiger partial charge is 0.505 e. The number of pyridine rings is 1. The van der Waals surface area contributed by atoms with Crippen LogP contribution in [0.15, 0.2) is 36.5 Å². The molecule has 0 unspecified atom stereocenters. The Morgan fingerprint density at radius 2 is 1.93 bits per heavy atom. The van der Waals surface area contributed by atoms with Crippen LogP contribution in [0, 0.1) is 0 Å². The molecule has 0 radical (unpaired) electrons. The number of carbonyl (C=O) groups is 1. The van der Waals surface area contributed by atoms with Gasteiger partial charge in [-0.05, 0) is 17.7 Å². The molecule has 0 bridgehead atoms. The number of methoxy groups -OCH3 is 2. The van der Waals surface area contributed by atoms with E-state index in [0.29, 0.717) is 11.1 Å². The lowest BCUT2D eigenvalue weighted by atomic mass is 9.85. The van der Waals surface area contributed by atoms with Gasteiger partial charge in [0, 0.05) is 49.7 Å². The van der Waals surface area contributed by atoms with Crippen molar-refractivity contribution in [3.8, 4) is 16.9 Å². The normalized spacial score (nSPS) is 20.0. The van der Waals surface area contributed by atoms with Crippen LogP contribution in [0.3, 0.4) is 0 Å². The molecular formula is C21H19N3O4. The summed E-state index contributed by atoms with van der Waals surface area (Å²) in [5, 5.41) is 15.3. The average Bonchev–Trinajstić information content (AvgIpc) is 2.73. The van der Waals surface area contributed by atoms with Gasteiger partial charge in [-0.3, -0.25) is 9.78 Å². The van der Waals surface area contributed by atoms with Gasteiger partial charge in [0.15, 0.2) is 12.0 Å². The van der Waals surface area contributed by atoms with Gasteiger partial charge in [0.05, 0.1) is 11.3 Å². The number of hydrogen-bond acceptors (Lipinski definition) is 6. The number of fused-ring (bicyclic) bond motifs is 4. The summed E-state index contributed by atoms with van der Waals surface area (Å²) in [6.45, 7) is 0. The Morgan fingerprint density at radius 1 is 1.14 bits per heavy atom. The van der Waals surface area contributed by atoms with E-state index in [4.69, 9.17) is 9.47 Å². The third kappa shape index (κ3) is 2.00. The van der Waals surface area contributed by atoms with Crippen molar-refractivity contribution in [2.45, 2.75) is 12.3 Å². The maximum absolute atomic E-state index is 13.1. The molecule has 2 aromatic carbocycles. The highest BCUT2D eigenvalue weighted by molar-refractivity contribution is 6.17. The maximum atomic E-state index is 13.1. The number of aromatic hydroxyl groups is 1. The molecule has 2 aliphatic heterocycles. The van der Waals surface area contributed by atoms with E-state index in [1.54, 1.807) is 20.4 Å². The van der Waals surface area contributed by atoms with E-state index in [2.05, 4.69) is 10.3 Å². The second-order valence-electron chi connectivity index (χ2n) is 6.96. The van der Waals surface area contributed by atoms with Crippen molar-refractivity contribution in [1.82, 2.24) is 9.88 Å². The Labute approximate surface area is 161 Å². The monoisotopic (exact) mass is 377 g/mol. The van der Waals surface area contributed by atoms with E-state index in [1.165, 1.54) is 12.0 Å². The number of amides is 1. The van der Waals surface area contributed by atoms with Gasteiger partial charge in [0.25, 0.3) is 5.91 Å². The molecule has 0 saturated carbocycles. The van der Waals surface area contributed by atoms with E-state index < -0.39 is 12.3 Å². The third-order valence-corrected chi connectivity index (χ3v) is 5.63. The number of nitrogens with zero attached hydrogens (tertiary/aromatic N) is 2. The second kappa shape index (κ2) is 5.92. The molecule has 0 spiro atoms. The molecule has 3 aromatic rings. The highest BCUT2D eigenvalue weighted by Crippen LogP contribution is 2.52. The van der Waals surface area contributed by atoms with Crippen LogP contribution in [0.1, 0.15) is 22.0 Å². The Bertz CT molecular complexity index is 1140. The summed E-state index contributed by atoms with van der Waals surface area (Å²) in [4.78, 5) is 18.9. The number of nitrogens with one attached hydrogen (secondary N) is 1. The smallest absolute Gasteiger partial charge is 0.260 e. The highest BCUT2D eigenvalue weighted by atomic mass is 16.5. The van der Waals surface area contributed by atoms with Crippen LogP contribution < -0.4 is 5.32 Å². The molecule has 28 heavy (non-hydrogen) atoms. The van der Waals surface area contributed by atoms with E-state index in [9.17, 15) is 9.90 Å². The zero-order valence-corrected chi connectivity index (χ0v) is 15.7. The Balaban J connectivity index is 1.95. The summed E-state index contributed by atoms with van der Waals surface area (Å²) in [7, 11) is 4.74. The van der Waals surface area contributed by atoms with E-state index in [1.807, 2.05) is 30.3 Å². The number of rotatable bonds is 2. The lowest BCUT2D eigenvalue weighted by molar-refractivity contribution is -0.105. The maximum Gasteiger partial charge on any atom is 0.260 e. The van der Waals surface area contributed by atoms with Gasteiger partial charge in [0.2, 0.25) is 0 Å². The molecule has 2 atom stereocenters. The van der Waals surface area contributed by atoms with Gasteiger partial charge in [-0.25, -0.2) is 0 Å². The lowest BCUT2D eigenvalue weighted by Crippen LogP contribution is -2.47. The summed E-state index contributed by atoms with van der Waals surface area (Å²) in [6, 6.07) is 9.83. The number of benzene rings is 2. The van der Waals surface area contributed by atoms with Crippen LogP contribution in [-0.4, -0.2) is 48.4 Å². The minimum absolute atomic E-state index is 0.134. The topological polar surface area (TPSA) is 83.9 Å². The number of ether oxygens (including phenoxy) is 2. The summed E-state index contributed by atoms with van der Waals surface area (Å²) in [5.41, 5.74) is 4.78. The number of hydrogen-bond donors (Lipinski definition) is 2. The molecule has 5 rings (SSSR count). The molecule has 0 fully saturated rings. The number of carbonyl (C=O) groups excluding carboxylic acids is 1. The fourth-order valence-electron chi connectivity index (χ4n) is 4.37. The molecule has 1 aromatic heterocycles. The number of para-hydroxylation sites is 1. The predicted octanol–water partition coefficient (Wildman–Crippen LogP) is 3.41. The van der Waals surface area contributed by atoms with Gasteiger partial charge < -0.3 is 24.8 Å². The molecule has 0 saturated heterocycles. The van der Waals surface area contributed by atoms with Crippen molar-refractivity contribution in [3.05, 3.63) is 47.7 Å². The van der Waals surface area contributed by atoms with Crippen LogP contribution in [0.2, 0.25) is 0 Å². The van der Waals surface area contributed by atoms with E-state index >= 15 is 0 Å². The number of likely N-dealkylation sites (N-methyl/N-ethyl adjacent to an activating group) is 1. The first-order valence-corrected chi connectivity index (χ1v) is 8.95. The number of phenols is 1. The zero-order valence-electron chi connectivity index (χ0n) is 15.7. The van der Waals surface area contributed by atoms with Crippen molar-refractivity contribution in [2.75, 3.05) is 26.6 Å². The molecule has 2 aliphatic rings. The van der Waals surface area contributed by atoms with Crippen LogP contribution >= 0.6 is 0 Å². The van der Waals surface area contributed by atoms with Crippen LogP contribution in [0.4, 0.5) is 11.4 Å². The average molecular weight is 377 g/mol. The first kappa shape index (κ1) is 17.0. The lowest BCUT2D eigenvalue weighted by Gasteiger charge is -2.40.